The third-order valence-corrected chi connectivity index (χ3v) is 3.30. The van der Waals surface area contributed by atoms with Crippen molar-refractivity contribution in [3.05, 3.63) is 40.3 Å². The van der Waals surface area contributed by atoms with E-state index in [9.17, 15) is 9.59 Å². The van der Waals surface area contributed by atoms with Crippen molar-refractivity contribution >= 4 is 34.4 Å². The number of aryl methyl sites for hydroxylation is 2. The van der Waals surface area contributed by atoms with Gasteiger partial charge in [0.25, 0.3) is 5.91 Å². The fraction of sp³-hybridized carbons (Fsp3) is 0.154. The quantitative estimate of drug-likeness (QED) is 0.845. The summed E-state index contributed by atoms with van der Waals surface area (Å²) >= 11 is 1.19. The maximum atomic E-state index is 12.0. The largest absolute Gasteiger partial charge is 0.478 e. The number of carbonyl (C=O) groups is 2. The molecule has 2 rings (SSSR count). The second kappa shape index (κ2) is 5.70. The highest BCUT2D eigenvalue weighted by Gasteiger charge is 2.14. The average molecular weight is 292 g/mol. The lowest BCUT2D eigenvalue weighted by Crippen LogP contribution is -2.11. The van der Waals surface area contributed by atoms with Gasteiger partial charge in [0.2, 0.25) is 0 Å². The van der Waals surface area contributed by atoms with Crippen LogP contribution in [0.3, 0.4) is 0 Å². The number of nitrogens with one attached hydrogen (secondary N) is 1. The van der Waals surface area contributed by atoms with Crippen molar-refractivity contribution in [2.24, 2.45) is 0 Å². The molecule has 0 saturated heterocycles. The fourth-order valence-corrected chi connectivity index (χ4v) is 2.31. The van der Waals surface area contributed by atoms with Gasteiger partial charge >= 0.3 is 5.97 Å². The normalized spacial score (nSPS) is 10.9. The molecule has 0 fully saturated rings. The third kappa shape index (κ3) is 3.33. The Morgan fingerprint density at radius 3 is 2.80 bits per heavy atom. The first kappa shape index (κ1) is 14.0. The van der Waals surface area contributed by atoms with Crippen LogP contribution in [-0.2, 0) is 4.79 Å². The van der Waals surface area contributed by atoms with Crippen LogP contribution in [-0.4, -0.2) is 22.0 Å². The molecule has 2 aromatic rings. The van der Waals surface area contributed by atoms with Crippen LogP contribution in [0.5, 0.6) is 0 Å². The highest BCUT2D eigenvalue weighted by Crippen LogP contribution is 2.21. The average Bonchev–Trinajstić information content (AvgIpc) is 2.93. The van der Waals surface area contributed by atoms with Crippen LogP contribution in [0, 0.1) is 13.8 Å². The molecule has 0 aliphatic rings. The molecule has 0 aliphatic heterocycles. The van der Waals surface area contributed by atoms with E-state index in [1.54, 1.807) is 19.9 Å². The summed E-state index contributed by atoms with van der Waals surface area (Å²) < 4.78 is 5.29. The summed E-state index contributed by atoms with van der Waals surface area (Å²) in [4.78, 5) is 27.1. The molecule has 0 atom stereocenters. The molecule has 20 heavy (non-hydrogen) atoms. The molecular formula is C13H12N2O4S. The molecule has 104 valence electrons. The number of carboxylic acids is 1. The third-order valence-electron chi connectivity index (χ3n) is 2.42. The smallest absolute Gasteiger partial charge is 0.328 e. The Kier molecular flexibility index (Phi) is 3.99. The molecule has 2 heterocycles. The molecule has 7 heteroatoms. The summed E-state index contributed by atoms with van der Waals surface area (Å²) in [6, 6.07) is 1.66. The second-order valence-corrected chi connectivity index (χ2v) is 5.08. The van der Waals surface area contributed by atoms with Gasteiger partial charge in [0.15, 0.2) is 5.13 Å². The summed E-state index contributed by atoms with van der Waals surface area (Å²) in [5.41, 5.74) is 0.459. The van der Waals surface area contributed by atoms with E-state index in [4.69, 9.17) is 9.52 Å². The van der Waals surface area contributed by atoms with Gasteiger partial charge in [-0.2, -0.15) is 0 Å². The summed E-state index contributed by atoms with van der Waals surface area (Å²) in [5, 5.41) is 11.6. The minimum absolute atomic E-state index is 0.303. The van der Waals surface area contributed by atoms with Gasteiger partial charge in [-0.1, -0.05) is 11.3 Å². The van der Waals surface area contributed by atoms with Gasteiger partial charge in [-0.05, 0) is 26.0 Å². The molecule has 0 aliphatic carbocycles. The molecule has 2 aromatic heterocycles. The van der Waals surface area contributed by atoms with E-state index in [0.29, 0.717) is 27.1 Å². The number of anilines is 1. The maximum absolute atomic E-state index is 12.0. The van der Waals surface area contributed by atoms with Crippen LogP contribution in [0.1, 0.15) is 26.8 Å². The van der Waals surface area contributed by atoms with Crippen molar-refractivity contribution in [2.45, 2.75) is 13.8 Å². The number of carboxylic acid groups (broad SMARTS) is 1. The van der Waals surface area contributed by atoms with Crippen molar-refractivity contribution < 1.29 is 19.1 Å². The highest BCUT2D eigenvalue weighted by atomic mass is 32.1. The number of carbonyl (C=O) groups excluding carboxylic acids is 1. The van der Waals surface area contributed by atoms with E-state index in [1.165, 1.54) is 23.6 Å². The Morgan fingerprint density at radius 2 is 2.20 bits per heavy atom. The Morgan fingerprint density at radius 1 is 1.45 bits per heavy atom. The standard InChI is InChI=1S/C13H12N2O4S/c1-7-5-10(8(2)19-7)12(18)15-13-14-6-9(20-13)3-4-11(16)17/h3-6H,1-2H3,(H,16,17)(H,14,15,18). The van der Waals surface area contributed by atoms with Crippen molar-refractivity contribution in [3.8, 4) is 0 Å². The van der Waals surface area contributed by atoms with E-state index in [0.717, 1.165) is 6.08 Å². The number of amides is 1. The number of hydrogen-bond acceptors (Lipinski definition) is 5. The zero-order valence-corrected chi connectivity index (χ0v) is 11.7. The lowest BCUT2D eigenvalue weighted by molar-refractivity contribution is -0.131. The maximum Gasteiger partial charge on any atom is 0.328 e. The Hall–Kier alpha value is -2.41. The molecule has 0 saturated carbocycles. The molecule has 6 nitrogen and oxygen atoms in total. The summed E-state index contributed by atoms with van der Waals surface area (Å²) in [6.45, 7) is 3.48. The number of furan rings is 1. The van der Waals surface area contributed by atoms with Crippen LogP contribution in [0.15, 0.2) is 22.8 Å². The first-order valence-corrected chi connectivity index (χ1v) is 6.52. The molecular weight excluding hydrogens is 280 g/mol. The number of thiazole rings is 1. The lowest BCUT2D eigenvalue weighted by Gasteiger charge is -1.98. The number of rotatable bonds is 4. The molecule has 0 unspecified atom stereocenters. The number of hydrogen-bond donors (Lipinski definition) is 2. The lowest BCUT2D eigenvalue weighted by atomic mass is 10.2. The Bertz CT molecular complexity index is 684. The van der Waals surface area contributed by atoms with E-state index in [2.05, 4.69) is 10.3 Å². The van der Waals surface area contributed by atoms with Crippen LogP contribution in [0.2, 0.25) is 0 Å². The van der Waals surface area contributed by atoms with Gasteiger partial charge in [0, 0.05) is 17.2 Å². The van der Waals surface area contributed by atoms with Crippen LogP contribution in [0.25, 0.3) is 6.08 Å². The monoisotopic (exact) mass is 292 g/mol. The zero-order chi connectivity index (χ0) is 14.7. The van der Waals surface area contributed by atoms with E-state index in [1.807, 2.05) is 0 Å². The SMILES string of the molecule is Cc1cc(C(=O)Nc2ncc(C=CC(=O)O)s2)c(C)o1. The van der Waals surface area contributed by atoms with Crippen LogP contribution < -0.4 is 5.32 Å². The number of nitrogens with zero attached hydrogens (tertiary/aromatic N) is 1. The van der Waals surface area contributed by atoms with Crippen molar-refractivity contribution in [1.82, 2.24) is 4.98 Å². The summed E-state index contributed by atoms with van der Waals surface area (Å²) in [5.74, 6) is -0.129. The van der Waals surface area contributed by atoms with Crippen LogP contribution in [0.4, 0.5) is 5.13 Å². The van der Waals surface area contributed by atoms with Gasteiger partial charge in [0.05, 0.1) is 5.56 Å². The minimum Gasteiger partial charge on any atom is -0.478 e. The van der Waals surface area contributed by atoms with Gasteiger partial charge in [-0.3, -0.25) is 10.1 Å². The second-order valence-electron chi connectivity index (χ2n) is 4.02. The number of aromatic nitrogens is 1. The van der Waals surface area contributed by atoms with E-state index >= 15 is 0 Å². The first-order chi connectivity index (χ1) is 9.45. The summed E-state index contributed by atoms with van der Waals surface area (Å²) in [6.07, 6.45) is 3.93. The Balaban J connectivity index is 2.09. The van der Waals surface area contributed by atoms with Crippen molar-refractivity contribution in [2.75, 3.05) is 5.32 Å². The fourth-order valence-electron chi connectivity index (χ4n) is 1.60. The minimum atomic E-state index is -1.03. The molecule has 0 aromatic carbocycles. The Labute approximate surface area is 118 Å². The predicted molar refractivity (Wildman–Crippen MR) is 74.9 cm³/mol. The van der Waals surface area contributed by atoms with Crippen LogP contribution >= 0.6 is 11.3 Å². The molecule has 2 N–H and O–H groups in total. The predicted octanol–water partition coefficient (Wildman–Crippen LogP) is 2.70. The first-order valence-electron chi connectivity index (χ1n) is 5.71. The topological polar surface area (TPSA) is 92.4 Å². The molecule has 0 bridgehead atoms. The van der Waals surface area contributed by atoms with E-state index in [-0.39, 0.29) is 5.91 Å². The van der Waals surface area contributed by atoms with E-state index < -0.39 is 5.97 Å². The van der Waals surface area contributed by atoms with Gasteiger partial charge < -0.3 is 9.52 Å². The van der Waals surface area contributed by atoms with Gasteiger partial charge in [0.1, 0.15) is 11.5 Å². The molecule has 1 amide bonds. The van der Waals surface area contributed by atoms with Crippen molar-refractivity contribution in [1.29, 1.82) is 0 Å². The number of aliphatic carboxylic acids is 1. The molecule has 0 spiro atoms. The highest BCUT2D eigenvalue weighted by molar-refractivity contribution is 7.16. The zero-order valence-electron chi connectivity index (χ0n) is 10.8. The van der Waals surface area contributed by atoms with Gasteiger partial charge in [-0.25, -0.2) is 9.78 Å². The van der Waals surface area contributed by atoms with Gasteiger partial charge in [-0.15, -0.1) is 0 Å². The van der Waals surface area contributed by atoms with Crippen molar-refractivity contribution in [3.63, 3.8) is 0 Å². The molecule has 0 radical (unpaired) electrons. The summed E-state index contributed by atoms with van der Waals surface area (Å²) in [7, 11) is 0.